The molecule has 0 spiro atoms. The van der Waals surface area contributed by atoms with Gasteiger partial charge in [-0.15, -0.1) is 0 Å². The van der Waals surface area contributed by atoms with Crippen LogP contribution in [0.2, 0.25) is 0 Å². The molecule has 1 aromatic rings. The van der Waals surface area contributed by atoms with Gasteiger partial charge in [-0.2, -0.15) is 4.37 Å². The van der Waals surface area contributed by atoms with Crippen molar-refractivity contribution in [3.05, 3.63) is 5.56 Å². The molecule has 2 N–H and O–H groups in total. The van der Waals surface area contributed by atoms with Crippen LogP contribution in [0.3, 0.4) is 0 Å². The number of nitrogen functional groups attached to an aromatic ring is 1. The minimum Gasteiger partial charge on any atom is -0.465 e. The fourth-order valence-corrected chi connectivity index (χ4v) is 3.10. The Balaban J connectivity index is 2.14. The molecule has 0 aromatic carbocycles. The Labute approximate surface area is 117 Å². The first kappa shape index (κ1) is 14.1. The third-order valence-corrected chi connectivity index (χ3v) is 4.35. The van der Waals surface area contributed by atoms with Crippen LogP contribution in [-0.4, -0.2) is 54.6 Å². The fraction of sp³-hybridized carbons (Fsp3) is 0.667. The van der Waals surface area contributed by atoms with Crippen LogP contribution < -0.4 is 10.6 Å². The molecule has 1 aliphatic heterocycles. The summed E-state index contributed by atoms with van der Waals surface area (Å²) in [5.41, 5.74) is 6.17. The molecule has 1 fully saturated rings. The van der Waals surface area contributed by atoms with Crippen molar-refractivity contribution < 1.29 is 9.53 Å². The first-order valence-electron chi connectivity index (χ1n) is 6.37. The van der Waals surface area contributed by atoms with Crippen LogP contribution in [-0.2, 0) is 4.74 Å². The van der Waals surface area contributed by atoms with Crippen molar-refractivity contribution in [1.29, 1.82) is 0 Å². The van der Waals surface area contributed by atoms with Gasteiger partial charge in [0.1, 0.15) is 10.6 Å². The van der Waals surface area contributed by atoms with E-state index < -0.39 is 5.97 Å². The molecule has 106 valence electrons. The lowest BCUT2D eigenvalue weighted by atomic mass is 10.2. The number of hydrogen-bond acceptors (Lipinski definition) is 7. The van der Waals surface area contributed by atoms with Crippen LogP contribution in [0.4, 0.5) is 10.8 Å². The van der Waals surface area contributed by atoms with Gasteiger partial charge in [0.2, 0.25) is 0 Å². The molecule has 0 saturated carbocycles. The number of ether oxygens (including phenoxy) is 1. The third kappa shape index (κ3) is 2.82. The van der Waals surface area contributed by atoms with E-state index in [9.17, 15) is 4.79 Å². The summed E-state index contributed by atoms with van der Waals surface area (Å²) < 4.78 is 8.86. The summed E-state index contributed by atoms with van der Waals surface area (Å²) in [7, 11) is 1.36. The van der Waals surface area contributed by atoms with Crippen LogP contribution in [0.15, 0.2) is 0 Å². The van der Waals surface area contributed by atoms with Crippen molar-refractivity contribution in [2.45, 2.75) is 19.9 Å². The van der Waals surface area contributed by atoms with Gasteiger partial charge in [0.25, 0.3) is 0 Å². The first-order valence-corrected chi connectivity index (χ1v) is 7.14. The molecule has 2 rings (SSSR count). The van der Waals surface area contributed by atoms with E-state index in [0.717, 1.165) is 31.2 Å². The topological polar surface area (TPSA) is 71.7 Å². The van der Waals surface area contributed by atoms with Gasteiger partial charge in [-0.1, -0.05) is 0 Å². The highest BCUT2D eigenvalue weighted by Crippen LogP contribution is 2.31. The number of methoxy groups -OCH3 is 1. The maximum atomic E-state index is 11.8. The highest BCUT2D eigenvalue weighted by molar-refractivity contribution is 7.11. The summed E-state index contributed by atoms with van der Waals surface area (Å²) in [5, 5.41) is 0.827. The monoisotopic (exact) mass is 284 g/mol. The highest BCUT2D eigenvalue weighted by atomic mass is 32.1. The maximum Gasteiger partial charge on any atom is 0.344 e. The smallest absolute Gasteiger partial charge is 0.344 e. The molecule has 1 saturated heterocycles. The van der Waals surface area contributed by atoms with Gasteiger partial charge in [0.05, 0.1) is 7.11 Å². The highest BCUT2D eigenvalue weighted by Gasteiger charge is 2.27. The fourth-order valence-electron chi connectivity index (χ4n) is 2.24. The number of aromatic nitrogens is 1. The minimum absolute atomic E-state index is 0.262. The van der Waals surface area contributed by atoms with Gasteiger partial charge in [-0.25, -0.2) is 4.79 Å². The average Bonchev–Trinajstić information content (AvgIpc) is 2.80. The Bertz CT molecular complexity index is 453. The lowest BCUT2D eigenvalue weighted by molar-refractivity contribution is 0.0602. The lowest BCUT2D eigenvalue weighted by Gasteiger charge is -2.37. The second-order valence-corrected chi connectivity index (χ2v) is 5.61. The molecule has 0 radical (unpaired) electrons. The Morgan fingerprint density at radius 3 is 2.53 bits per heavy atom. The van der Waals surface area contributed by atoms with E-state index in [1.165, 1.54) is 18.6 Å². The number of esters is 1. The van der Waals surface area contributed by atoms with Crippen LogP contribution in [0.25, 0.3) is 0 Å². The molecule has 0 aliphatic carbocycles. The largest absolute Gasteiger partial charge is 0.465 e. The van der Waals surface area contributed by atoms with E-state index >= 15 is 0 Å². The molecule has 6 nitrogen and oxygen atoms in total. The third-order valence-electron chi connectivity index (χ3n) is 3.42. The van der Waals surface area contributed by atoms with Crippen molar-refractivity contribution >= 4 is 28.3 Å². The van der Waals surface area contributed by atoms with Gasteiger partial charge in [-0.3, -0.25) is 4.90 Å². The molecular weight excluding hydrogens is 264 g/mol. The van der Waals surface area contributed by atoms with Crippen molar-refractivity contribution in [1.82, 2.24) is 9.27 Å². The van der Waals surface area contributed by atoms with Crippen LogP contribution in [0, 0.1) is 0 Å². The second-order valence-electron chi connectivity index (χ2n) is 4.86. The summed E-state index contributed by atoms with van der Waals surface area (Å²) in [5.74, 6) is -0.148. The van der Waals surface area contributed by atoms with Gasteiger partial charge in [-0.05, 0) is 25.4 Å². The van der Waals surface area contributed by atoms with Crippen LogP contribution in [0.5, 0.6) is 0 Å². The molecule has 0 atom stereocenters. The zero-order valence-electron chi connectivity index (χ0n) is 11.5. The predicted octanol–water partition coefficient (Wildman–Crippen LogP) is 1.04. The molecule has 0 amide bonds. The van der Waals surface area contributed by atoms with E-state index in [-0.39, 0.29) is 5.82 Å². The molecule has 19 heavy (non-hydrogen) atoms. The molecule has 0 unspecified atom stereocenters. The summed E-state index contributed by atoms with van der Waals surface area (Å²) in [6.45, 7) is 8.11. The molecule has 1 aromatic heterocycles. The molecule has 1 aliphatic rings. The molecule has 2 heterocycles. The molecular formula is C12H20N4O2S. The maximum absolute atomic E-state index is 11.8. The van der Waals surface area contributed by atoms with Crippen LogP contribution >= 0.6 is 11.5 Å². The SMILES string of the molecule is COC(=O)c1c(N)nsc1N1CCN(C(C)C)CC1. The zero-order valence-corrected chi connectivity index (χ0v) is 12.4. The zero-order chi connectivity index (χ0) is 14.0. The summed E-state index contributed by atoms with van der Waals surface area (Å²) in [6, 6.07) is 0.550. The average molecular weight is 284 g/mol. The number of nitrogens with two attached hydrogens (primary N) is 1. The normalized spacial score (nSPS) is 16.9. The number of hydrogen-bond donors (Lipinski definition) is 1. The lowest BCUT2D eigenvalue weighted by Crippen LogP contribution is -2.49. The van der Waals surface area contributed by atoms with Crippen LogP contribution in [0.1, 0.15) is 24.2 Å². The molecule has 7 heteroatoms. The van der Waals surface area contributed by atoms with Gasteiger partial charge >= 0.3 is 5.97 Å². The quantitative estimate of drug-likeness (QED) is 0.836. The number of piperazine rings is 1. The van der Waals surface area contributed by atoms with E-state index in [1.54, 1.807) is 0 Å². The van der Waals surface area contributed by atoms with Crippen molar-refractivity contribution in [3.8, 4) is 0 Å². The van der Waals surface area contributed by atoms with Gasteiger partial charge in [0, 0.05) is 32.2 Å². The Morgan fingerprint density at radius 1 is 1.37 bits per heavy atom. The Morgan fingerprint density at radius 2 is 2.00 bits per heavy atom. The van der Waals surface area contributed by atoms with Gasteiger partial charge in [0.15, 0.2) is 5.82 Å². The number of anilines is 2. The van der Waals surface area contributed by atoms with E-state index in [2.05, 4.69) is 28.0 Å². The summed E-state index contributed by atoms with van der Waals surface area (Å²) in [6.07, 6.45) is 0. The van der Waals surface area contributed by atoms with Crippen molar-refractivity contribution in [2.75, 3.05) is 43.9 Å². The number of carbonyl (C=O) groups is 1. The number of rotatable bonds is 3. The predicted molar refractivity (Wildman–Crippen MR) is 76.8 cm³/mol. The standard InChI is InChI=1S/C12H20N4O2S/c1-8(2)15-4-6-16(7-5-15)11-9(12(17)18-3)10(13)14-19-11/h8H,4-7H2,1-3H3,(H2,13,14). The summed E-state index contributed by atoms with van der Waals surface area (Å²) in [4.78, 5) is 16.3. The minimum atomic E-state index is -0.410. The first-order chi connectivity index (χ1) is 9.04. The van der Waals surface area contributed by atoms with Gasteiger partial charge < -0.3 is 15.4 Å². The van der Waals surface area contributed by atoms with Crippen molar-refractivity contribution in [3.63, 3.8) is 0 Å². The Kier molecular flexibility index (Phi) is 4.26. The van der Waals surface area contributed by atoms with E-state index in [0.29, 0.717) is 11.6 Å². The second kappa shape index (κ2) is 5.75. The Hall–Kier alpha value is -1.34. The van der Waals surface area contributed by atoms with E-state index in [1.807, 2.05) is 0 Å². The van der Waals surface area contributed by atoms with Crippen molar-refractivity contribution in [2.24, 2.45) is 0 Å². The number of nitrogens with zero attached hydrogens (tertiary/aromatic N) is 3. The molecule has 0 bridgehead atoms. The van der Waals surface area contributed by atoms with E-state index in [4.69, 9.17) is 10.5 Å². The number of carbonyl (C=O) groups excluding carboxylic acids is 1. The summed E-state index contributed by atoms with van der Waals surface area (Å²) >= 11 is 1.27.